The minimum Gasteiger partial charge on any atom is -0.285 e. The van der Waals surface area contributed by atoms with Crippen molar-refractivity contribution in [3.8, 4) is 11.1 Å². The van der Waals surface area contributed by atoms with E-state index in [0.29, 0.717) is 0 Å². The van der Waals surface area contributed by atoms with Gasteiger partial charge in [-0.3, -0.25) is 5.10 Å². The van der Waals surface area contributed by atoms with Gasteiger partial charge in [-0.25, -0.2) is 0 Å². The smallest absolute Gasteiger partial charge is 0.0565 e. The Labute approximate surface area is 98.7 Å². The van der Waals surface area contributed by atoms with Crippen molar-refractivity contribution in [3.05, 3.63) is 42.2 Å². The van der Waals surface area contributed by atoms with Crippen LogP contribution in [0.25, 0.3) is 11.1 Å². The molecule has 0 unspecified atom stereocenters. The van der Waals surface area contributed by atoms with Crippen molar-refractivity contribution in [1.82, 2.24) is 10.2 Å². The van der Waals surface area contributed by atoms with E-state index in [1.807, 2.05) is 52.2 Å². The molecule has 0 aliphatic heterocycles. The number of nitrogens with one attached hydrogen (secondary N) is 1. The number of hydrogen-bond donors (Lipinski definition) is 1. The molecule has 16 heavy (non-hydrogen) atoms. The van der Waals surface area contributed by atoms with Crippen molar-refractivity contribution in [2.75, 3.05) is 0 Å². The zero-order chi connectivity index (χ0) is 12.4. The molecule has 2 heteroatoms. The fourth-order valence-electron chi connectivity index (χ4n) is 1.29. The van der Waals surface area contributed by atoms with E-state index in [2.05, 4.69) is 29.3 Å². The van der Waals surface area contributed by atoms with Crippen LogP contribution in [0.1, 0.15) is 33.3 Å². The summed E-state index contributed by atoms with van der Waals surface area (Å²) < 4.78 is 0. The van der Waals surface area contributed by atoms with Crippen LogP contribution in [0, 0.1) is 6.92 Å². The van der Waals surface area contributed by atoms with Gasteiger partial charge >= 0.3 is 0 Å². The summed E-state index contributed by atoms with van der Waals surface area (Å²) in [5, 5.41) is 6.72. The molecule has 0 spiro atoms. The fourth-order valence-corrected chi connectivity index (χ4v) is 1.29. The van der Waals surface area contributed by atoms with Gasteiger partial charge in [-0.15, -0.1) is 0 Å². The van der Waals surface area contributed by atoms with E-state index in [9.17, 15) is 0 Å². The molecule has 0 amide bonds. The lowest BCUT2D eigenvalue weighted by molar-refractivity contribution is 1.09. The molecule has 0 saturated carbocycles. The summed E-state index contributed by atoms with van der Waals surface area (Å²) in [6.45, 7) is 10.1. The number of nitrogens with zero attached hydrogens (tertiary/aromatic N) is 1. The van der Waals surface area contributed by atoms with E-state index in [1.54, 1.807) is 0 Å². The molecule has 0 saturated heterocycles. The Hall–Kier alpha value is -1.57. The van der Waals surface area contributed by atoms with Gasteiger partial charge in [0.2, 0.25) is 0 Å². The van der Waals surface area contributed by atoms with Crippen LogP contribution in [-0.2, 0) is 0 Å². The topological polar surface area (TPSA) is 28.7 Å². The Morgan fingerprint density at radius 1 is 1.00 bits per heavy atom. The van der Waals surface area contributed by atoms with Gasteiger partial charge in [0.25, 0.3) is 0 Å². The third-order valence-corrected chi connectivity index (χ3v) is 1.95. The number of aryl methyl sites for hydroxylation is 1. The average Bonchev–Trinajstić information content (AvgIpc) is 2.88. The number of aromatic nitrogens is 2. The molecule has 1 heterocycles. The van der Waals surface area contributed by atoms with E-state index in [4.69, 9.17) is 0 Å². The lowest BCUT2D eigenvalue weighted by atomic mass is 10.0. The summed E-state index contributed by atoms with van der Waals surface area (Å²) in [6, 6.07) is 8.27. The Morgan fingerprint density at radius 3 is 2.12 bits per heavy atom. The minimum atomic E-state index is 1.15. The predicted octanol–water partition coefficient (Wildman–Crippen LogP) is 4.44. The van der Waals surface area contributed by atoms with Crippen LogP contribution in [0.15, 0.2) is 36.7 Å². The minimum absolute atomic E-state index is 1.15. The fraction of sp³-hybridized carbons (Fsp3) is 0.357. The molecule has 2 nitrogen and oxygen atoms in total. The van der Waals surface area contributed by atoms with E-state index >= 15 is 0 Å². The van der Waals surface area contributed by atoms with Gasteiger partial charge in [0.1, 0.15) is 0 Å². The van der Waals surface area contributed by atoms with E-state index in [1.165, 1.54) is 11.1 Å². The molecule has 1 aromatic heterocycles. The zero-order valence-electron chi connectivity index (χ0n) is 10.9. The summed E-state index contributed by atoms with van der Waals surface area (Å²) >= 11 is 0. The molecule has 2 rings (SSSR count). The van der Waals surface area contributed by atoms with Gasteiger partial charge in [0.15, 0.2) is 0 Å². The summed E-state index contributed by atoms with van der Waals surface area (Å²) in [7, 11) is 0. The molecule has 0 radical (unpaired) electrons. The van der Waals surface area contributed by atoms with Crippen molar-refractivity contribution in [2.24, 2.45) is 0 Å². The number of aromatic amines is 1. The highest BCUT2D eigenvalue weighted by Crippen LogP contribution is 2.20. The van der Waals surface area contributed by atoms with Crippen LogP contribution >= 0.6 is 0 Å². The zero-order valence-corrected chi connectivity index (χ0v) is 10.9. The highest BCUT2D eigenvalue weighted by atomic mass is 15.1. The summed E-state index contributed by atoms with van der Waals surface area (Å²) in [5.74, 6) is 0. The van der Waals surface area contributed by atoms with Gasteiger partial charge < -0.3 is 0 Å². The van der Waals surface area contributed by atoms with Crippen molar-refractivity contribution >= 4 is 0 Å². The first-order valence-corrected chi connectivity index (χ1v) is 5.93. The Balaban J connectivity index is 0.000000509. The molecule has 0 fully saturated rings. The third-order valence-electron chi connectivity index (χ3n) is 1.95. The highest BCUT2D eigenvalue weighted by Gasteiger charge is 1.99. The molecule has 0 atom stereocenters. The molecule has 1 aromatic carbocycles. The SMILES string of the molecule is CC.CC.Cc1ccccc1-c1cn[nH]c1. The van der Waals surface area contributed by atoms with Crippen LogP contribution < -0.4 is 0 Å². The van der Waals surface area contributed by atoms with E-state index in [0.717, 1.165) is 5.56 Å². The Kier molecular flexibility index (Phi) is 7.86. The van der Waals surface area contributed by atoms with Crippen LogP contribution in [0.3, 0.4) is 0 Å². The number of H-pyrrole nitrogens is 1. The summed E-state index contributed by atoms with van der Waals surface area (Å²) in [6.07, 6.45) is 3.74. The molecule has 0 aliphatic rings. The molecular formula is C14H22N2. The van der Waals surface area contributed by atoms with Gasteiger partial charge in [-0.2, -0.15) is 5.10 Å². The normalized spacial score (nSPS) is 8.31. The Morgan fingerprint density at radius 2 is 1.62 bits per heavy atom. The van der Waals surface area contributed by atoms with Gasteiger partial charge in [-0.05, 0) is 18.1 Å². The van der Waals surface area contributed by atoms with Crippen LogP contribution in [0.5, 0.6) is 0 Å². The number of hydrogen-bond acceptors (Lipinski definition) is 1. The van der Waals surface area contributed by atoms with Crippen molar-refractivity contribution in [1.29, 1.82) is 0 Å². The van der Waals surface area contributed by atoms with E-state index in [-0.39, 0.29) is 0 Å². The first-order valence-electron chi connectivity index (χ1n) is 5.93. The second kappa shape index (κ2) is 8.72. The number of rotatable bonds is 1. The largest absolute Gasteiger partial charge is 0.285 e. The lowest BCUT2D eigenvalue weighted by Gasteiger charge is -2.00. The first kappa shape index (κ1) is 14.4. The molecule has 0 bridgehead atoms. The molecule has 1 N–H and O–H groups in total. The first-order chi connectivity index (χ1) is 7.88. The summed E-state index contributed by atoms with van der Waals surface area (Å²) in [4.78, 5) is 0. The van der Waals surface area contributed by atoms with Crippen molar-refractivity contribution in [3.63, 3.8) is 0 Å². The van der Waals surface area contributed by atoms with Gasteiger partial charge in [0.05, 0.1) is 6.20 Å². The molecular weight excluding hydrogens is 196 g/mol. The maximum atomic E-state index is 3.91. The standard InChI is InChI=1S/C10H10N2.2C2H6/c1-8-4-2-3-5-10(8)9-6-11-12-7-9;2*1-2/h2-7H,1H3,(H,11,12);2*1-2H3. The lowest BCUT2D eigenvalue weighted by Crippen LogP contribution is -1.78. The molecule has 88 valence electrons. The maximum absolute atomic E-state index is 3.91. The third kappa shape index (κ3) is 3.89. The summed E-state index contributed by atoms with van der Waals surface area (Å²) in [5.41, 5.74) is 3.67. The number of benzene rings is 1. The van der Waals surface area contributed by atoms with E-state index < -0.39 is 0 Å². The van der Waals surface area contributed by atoms with Crippen LogP contribution in [-0.4, -0.2) is 10.2 Å². The quantitative estimate of drug-likeness (QED) is 0.753. The molecule has 2 aromatic rings. The predicted molar refractivity (Wildman–Crippen MR) is 71.5 cm³/mol. The monoisotopic (exact) mass is 218 g/mol. The van der Waals surface area contributed by atoms with Crippen LogP contribution in [0.4, 0.5) is 0 Å². The second-order valence-corrected chi connectivity index (χ2v) is 2.80. The molecule has 0 aliphatic carbocycles. The van der Waals surface area contributed by atoms with Gasteiger partial charge in [-0.1, -0.05) is 52.0 Å². The van der Waals surface area contributed by atoms with Crippen molar-refractivity contribution < 1.29 is 0 Å². The highest BCUT2D eigenvalue weighted by molar-refractivity contribution is 5.65. The average molecular weight is 218 g/mol. The Bertz CT molecular complexity index is 364. The van der Waals surface area contributed by atoms with Crippen molar-refractivity contribution in [2.45, 2.75) is 34.6 Å². The van der Waals surface area contributed by atoms with Gasteiger partial charge in [0, 0.05) is 11.8 Å². The second-order valence-electron chi connectivity index (χ2n) is 2.80. The van der Waals surface area contributed by atoms with Crippen LogP contribution in [0.2, 0.25) is 0 Å². The maximum Gasteiger partial charge on any atom is 0.0565 e.